The number of benzene rings is 2. The van der Waals surface area contributed by atoms with Gasteiger partial charge in [-0.1, -0.05) is 42.5 Å². The molecule has 0 radical (unpaired) electrons. The SMILES string of the molecule is O=C(NCc1ccccc1)c1ccccc1OCc1ccncc1. The second-order valence-corrected chi connectivity index (χ2v) is 5.31. The zero-order valence-corrected chi connectivity index (χ0v) is 13.2. The van der Waals surface area contributed by atoms with Crippen LogP contribution in [-0.4, -0.2) is 10.9 Å². The molecule has 0 bridgehead atoms. The molecule has 4 heteroatoms. The highest BCUT2D eigenvalue weighted by Crippen LogP contribution is 2.19. The molecule has 1 aromatic heterocycles. The van der Waals surface area contributed by atoms with Crippen molar-refractivity contribution in [3.8, 4) is 5.75 Å². The molecule has 3 rings (SSSR count). The second-order valence-electron chi connectivity index (χ2n) is 5.31. The number of amides is 1. The van der Waals surface area contributed by atoms with Crippen LogP contribution < -0.4 is 10.1 Å². The van der Waals surface area contributed by atoms with Gasteiger partial charge < -0.3 is 10.1 Å². The van der Waals surface area contributed by atoms with Crippen molar-refractivity contribution in [2.24, 2.45) is 0 Å². The number of carbonyl (C=O) groups is 1. The van der Waals surface area contributed by atoms with Gasteiger partial charge in [0.2, 0.25) is 0 Å². The van der Waals surface area contributed by atoms with Gasteiger partial charge in [0.1, 0.15) is 12.4 Å². The lowest BCUT2D eigenvalue weighted by Gasteiger charge is -2.12. The van der Waals surface area contributed by atoms with Gasteiger partial charge in [-0.2, -0.15) is 0 Å². The number of pyridine rings is 1. The fourth-order valence-corrected chi connectivity index (χ4v) is 2.29. The Balaban J connectivity index is 1.65. The van der Waals surface area contributed by atoms with E-state index < -0.39 is 0 Å². The molecule has 1 N–H and O–H groups in total. The van der Waals surface area contributed by atoms with Gasteiger partial charge in [0.15, 0.2) is 0 Å². The van der Waals surface area contributed by atoms with Crippen LogP contribution in [0.25, 0.3) is 0 Å². The monoisotopic (exact) mass is 318 g/mol. The summed E-state index contributed by atoms with van der Waals surface area (Å²) < 4.78 is 5.81. The molecule has 0 aliphatic heterocycles. The average molecular weight is 318 g/mol. The second kappa shape index (κ2) is 7.92. The van der Waals surface area contributed by atoms with Crippen molar-refractivity contribution >= 4 is 5.91 Å². The lowest BCUT2D eigenvalue weighted by Crippen LogP contribution is -2.23. The fourth-order valence-electron chi connectivity index (χ4n) is 2.29. The predicted molar refractivity (Wildman–Crippen MR) is 92.6 cm³/mol. The van der Waals surface area contributed by atoms with E-state index in [9.17, 15) is 4.79 Å². The molecule has 120 valence electrons. The number of rotatable bonds is 6. The zero-order valence-electron chi connectivity index (χ0n) is 13.2. The van der Waals surface area contributed by atoms with Crippen molar-refractivity contribution in [2.45, 2.75) is 13.2 Å². The van der Waals surface area contributed by atoms with Crippen LogP contribution in [0.2, 0.25) is 0 Å². The summed E-state index contributed by atoms with van der Waals surface area (Å²) in [6.07, 6.45) is 3.44. The number of hydrogen-bond acceptors (Lipinski definition) is 3. The highest BCUT2D eigenvalue weighted by atomic mass is 16.5. The van der Waals surface area contributed by atoms with Gasteiger partial charge >= 0.3 is 0 Å². The summed E-state index contributed by atoms with van der Waals surface area (Å²) in [7, 11) is 0. The first-order valence-electron chi connectivity index (χ1n) is 7.76. The van der Waals surface area contributed by atoms with Gasteiger partial charge in [-0.15, -0.1) is 0 Å². The maximum Gasteiger partial charge on any atom is 0.255 e. The van der Waals surface area contributed by atoms with E-state index in [4.69, 9.17) is 4.74 Å². The molecule has 1 amide bonds. The number of ether oxygens (including phenoxy) is 1. The van der Waals surface area contributed by atoms with E-state index >= 15 is 0 Å². The number of carbonyl (C=O) groups excluding carboxylic acids is 1. The molecule has 24 heavy (non-hydrogen) atoms. The summed E-state index contributed by atoms with van der Waals surface area (Å²) in [6, 6.07) is 20.8. The van der Waals surface area contributed by atoms with Crippen LogP contribution in [0.4, 0.5) is 0 Å². The summed E-state index contributed by atoms with van der Waals surface area (Å²) in [5, 5.41) is 2.92. The van der Waals surface area contributed by atoms with Crippen LogP contribution in [0.15, 0.2) is 79.1 Å². The topological polar surface area (TPSA) is 51.2 Å². The Morgan fingerprint density at radius 3 is 2.38 bits per heavy atom. The summed E-state index contributed by atoms with van der Waals surface area (Å²) in [5.74, 6) is 0.420. The lowest BCUT2D eigenvalue weighted by atomic mass is 10.1. The van der Waals surface area contributed by atoms with Crippen LogP contribution in [0.3, 0.4) is 0 Å². The molecule has 4 nitrogen and oxygen atoms in total. The Labute approximate surface area is 141 Å². The Morgan fingerprint density at radius 2 is 1.58 bits per heavy atom. The van der Waals surface area contributed by atoms with E-state index in [0.717, 1.165) is 11.1 Å². The van der Waals surface area contributed by atoms with Crippen molar-refractivity contribution in [2.75, 3.05) is 0 Å². The number of para-hydroxylation sites is 1. The Kier molecular flexibility index (Phi) is 5.20. The van der Waals surface area contributed by atoms with Crippen molar-refractivity contribution in [3.05, 3.63) is 95.8 Å². The third-order valence-electron chi connectivity index (χ3n) is 3.57. The van der Waals surface area contributed by atoms with Gasteiger partial charge in [-0.05, 0) is 35.4 Å². The molecule has 1 heterocycles. The third kappa shape index (κ3) is 4.20. The van der Waals surface area contributed by atoms with Gasteiger partial charge in [0.05, 0.1) is 5.56 Å². The van der Waals surface area contributed by atoms with Gasteiger partial charge in [0, 0.05) is 18.9 Å². The Bertz CT molecular complexity index is 789. The minimum atomic E-state index is -0.149. The molecular formula is C20H18N2O2. The van der Waals surface area contributed by atoms with Crippen molar-refractivity contribution in [1.82, 2.24) is 10.3 Å². The van der Waals surface area contributed by atoms with E-state index in [1.165, 1.54) is 0 Å². The zero-order chi connectivity index (χ0) is 16.6. The minimum absolute atomic E-state index is 0.149. The maximum atomic E-state index is 12.4. The van der Waals surface area contributed by atoms with Crippen molar-refractivity contribution in [3.63, 3.8) is 0 Å². The minimum Gasteiger partial charge on any atom is -0.488 e. The van der Waals surface area contributed by atoms with Gasteiger partial charge in [-0.25, -0.2) is 0 Å². The molecular weight excluding hydrogens is 300 g/mol. The molecule has 0 saturated carbocycles. The van der Waals surface area contributed by atoms with Crippen LogP contribution in [0.5, 0.6) is 5.75 Å². The highest BCUT2D eigenvalue weighted by Gasteiger charge is 2.11. The first-order valence-corrected chi connectivity index (χ1v) is 7.76. The normalized spacial score (nSPS) is 10.2. The van der Waals surface area contributed by atoms with E-state index in [1.807, 2.05) is 54.6 Å². The van der Waals surface area contributed by atoms with Crippen LogP contribution in [0, 0.1) is 0 Å². The lowest BCUT2D eigenvalue weighted by molar-refractivity contribution is 0.0946. The molecule has 0 aliphatic carbocycles. The smallest absolute Gasteiger partial charge is 0.255 e. The number of hydrogen-bond donors (Lipinski definition) is 1. The molecule has 0 saturated heterocycles. The molecule has 0 fully saturated rings. The van der Waals surface area contributed by atoms with Gasteiger partial charge in [-0.3, -0.25) is 9.78 Å². The van der Waals surface area contributed by atoms with Crippen molar-refractivity contribution in [1.29, 1.82) is 0 Å². The van der Waals surface area contributed by atoms with E-state index in [0.29, 0.717) is 24.5 Å². The molecule has 0 atom stereocenters. The van der Waals surface area contributed by atoms with E-state index in [1.54, 1.807) is 24.5 Å². The quantitative estimate of drug-likeness (QED) is 0.755. The highest BCUT2D eigenvalue weighted by molar-refractivity contribution is 5.96. The van der Waals surface area contributed by atoms with E-state index in [2.05, 4.69) is 10.3 Å². The predicted octanol–water partition coefficient (Wildman–Crippen LogP) is 3.59. The van der Waals surface area contributed by atoms with Crippen LogP contribution in [-0.2, 0) is 13.2 Å². The molecule has 3 aromatic rings. The maximum absolute atomic E-state index is 12.4. The standard InChI is InChI=1S/C20H18N2O2/c23-20(22-14-16-6-2-1-3-7-16)18-8-4-5-9-19(18)24-15-17-10-12-21-13-11-17/h1-13H,14-15H2,(H,22,23). The van der Waals surface area contributed by atoms with Crippen molar-refractivity contribution < 1.29 is 9.53 Å². The summed E-state index contributed by atoms with van der Waals surface area (Å²) in [4.78, 5) is 16.4. The molecule has 2 aromatic carbocycles. The van der Waals surface area contributed by atoms with Crippen LogP contribution in [0.1, 0.15) is 21.5 Å². The average Bonchev–Trinajstić information content (AvgIpc) is 2.66. The number of nitrogens with one attached hydrogen (secondary N) is 1. The van der Waals surface area contributed by atoms with Crippen LogP contribution >= 0.6 is 0 Å². The fraction of sp³-hybridized carbons (Fsp3) is 0.100. The molecule has 0 spiro atoms. The number of aromatic nitrogens is 1. The molecule has 0 aliphatic rings. The summed E-state index contributed by atoms with van der Waals surface area (Å²) in [5.41, 5.74) is 2.59. The third-order valence-corrected chi connectivity index (χ3v) is 3.57. The Morgan fingerprint density at radius 1 is 0.875 bits per heavy atom. The largest absolute Gasteiger partial charge is 0.488 e. The first kappa shape index (κ1) is 15.7. The number of nitrogens with zero attached hydrogens (tertiary/aromatic N) is 1. The summed E-state index contributed by atoms with van der Waals surface area (Å²) >= 11 is 0. The Hall–Kier alpha value is -3.14. The summed E-state index contributed by atoms with van der Waals surface area (Å²) in [6.45, 7) is 0.879. The van der Waals surface area contributed by atoms with E-state index in [-0.39, 0.29) is 5.91 Å². The first-order chi connectivity index (χ1) is 11.8. The van der Waals surface area contributed by atoms with Gasteiger partial charge in [0.25, 0.3) is 5.91 Å². The molecule has 0 unspecified atom stereocenters.